The van der Waals surface area contributed by atoms with Crippen molar-refractivity contribution in [3.05, 3.63) is 83.7 Å². The van der Waals surface area contributed by atoms with Crippen LogP contribution in [0.4, 0.5) is 11.4 Å². The van der Waals surface area contributed by atoms with E-state index in [-0.39, 0.29) is 12.0 Å². The normalized spacial score (nSPS) is 13.1. The van der Waals surface area contributed by atoms with Crippen molar-refractivity contribution >= 4 is 17.3 Å². The van der Waals surface area contributed by atoms with Crippen LogP contribution in [-0.4, -0.2) is 23.5 Å². The highest BCUT2D eigenvalue weighted by molar-refractivity contribution is 6.04. The summed E-state index contributed by atoms with van der Waals surface area (Å²) in [6, 6.07) is 17.8. The molecule has 0 spiro atoms. The molecule has 5 heteroatoms. The monoisotopic (exact) mass is 387 g/mol. The molecule has 0 fully saturated rings. The highest BCUT2D eigenvalue weighted by atomic mass is 16.5. The molecule has 3 aromatic rings. The van der Waals surface area contributed by atoms with Crippen molar-refractivity contribution in [2.75, 3.05) is 16.8 Å². The molecule has 0 atom stereocenters. The van der Waals surface area contributed by atoms with Gasteiger partial charge in [0.05, 0.1) is 23.6 Å². The van der Waals surface area contributed by atoms with Gasteiger partial charge in [0.25, 0.3) is 5.91 Å². The van der Waals surface area contributed by atoms with E-state index in [0.29, 0.717) is 5.56 Å². The van der Waals surface area contributed by atoms with Crippen LogP contribution in [0.3, 0.4) is 0 Å². The fourth-order valence-corrected chi connectivity index (χ4v) is 3.53. The Hall–Kier alpha value is -3.34. The third-order valence-corrected chi connectivity index (χ3v) is 4.97. The number of nitrogens with one attached hydrogen (secondary N) is 1. The highest BCUT2D eigenvalue weighted by Gasteiger charge is 2.17. The Balaban J connectivity index is 1.45. The van der Waals surface area contributed by atoms with E-state index >= 15 is 0 Å². The number of carbonyl (C=O) groups is 1. The Morgan fingerprint density at radius 2 is 1.83 bits per heavy atom. The second kappa shape index (κ2) is 8.35. The Kier molecular flexibility index (Phi) is 5.47. The molecular weight excluding hydrogens is 362 g/mol. The van der Waals surface area contributed by atoms with Gasteiger partial charge in [-0.2, -0.15) is 0 Å². The van der Waals surface area contributed by atoms with Gasteiger partial charge < -0.3 is 15.0 Å². The molecule has 0 unspecified atom stereocenters. The van der Waals surface area contributed by atoms with Crippen molar-refractivity contribution in [2.24, 2.45) is 0 Å². The molecule has 1 aromatic heterocycles. The first-order valence-corrected chi connectivity index (χ1v) is 9.93. The number of amides is 1. The van der Waals surface area contributed by atoms with Gasteiger partial charge >= 0.3 is 0 Å². The number of hydrogen-bond donors (Lipinski definition) is 1. The molecule has 29 heavy (non-hydrogen) atoms. The van der Waals surface area contributed by atoms with E-state index in [2.05, 4.69) is 39.5 Å². The second-order valence-corrected chi connectivity index (χ2v) is 7.52. The van der Waals surface area contributed by atoms with Gasteiger partial charge in [0.1, 0.15) is 5.75 Å². The van der Waals surface area contributed by atoms with Crippen molar-refractivity contribution in [1.29, 1.82) is 0 Å². The zero-order chi connectivity index (χ0) is 20.2. The smallest absolute Gasteiger partial charge is 0.257 e. The Morgan fingerprint density at radius 3 is 2.59 bits per heavy atom. The van der Waals surface area contributed by atoms with Crippen LogP contribution in [0.5, 0.6) is 5.75 Å². The molecule has 2 aromatic carbocycles. The van der Waals surface area contributed by atoms with Crippen molar-refractivity contribution < 1.29 is 9.53 Å². The minimum atomic E-state index is -0.172. The third-order valence-electron chi connectivity index (χ3n) is 4.97. The molecule has 0 radical (unpaired) electrons. The molecule has 1 aliphatic heterocycles. The average Bonchev–Trinajstić information content (AvgIpc) is 2.74. The number of nitrogens with zero attached hydrogens (tertiary/aromatic N) is 2. The van der Waals surface area contributed by atoms with E-state index in [1.807, 2.05) is 50.4 Å². The summed E-state index contributed by atoms with van der Waals surface area (Å²) in [7, 11) is 0. The summed E-state index contributed by atoms with van der Waals surface area (Å²) in [6.45, 7) is 5.72. The van der Waals surface area contributed by atoms with Crippen LogP contribution in [0, 0.1) is 0 Å². The van der Waals surface area contributed by atoms with Crippen LogP contribution >= 0.6 is 0 Å². The Morgan fingerprint density at radius 1 is 1.07 bits per heavy atom. The molecule has 2 heterocycles. The maximum atomic E-state index is 12.7. The number of rotatable bonds is 5. The number of aromatic nitrogens is 1. The summed E-state index contributed by atoms with van der Waals surface area (Å²) in [5, 5.41) is 2.93. The first kappa shape index (κ1) is 19.0. The number of hydrogen-bond acceptors (Lipinski definition) is 4. The van der Waals surface area contributed by atoms with Crippen LogP contribution < -0.4 is 15.0 Å². The summed E-state index contributed by atoms with van der Waals surface area (Å²) >= 11 is 0. The molecule has 0 saturated heterocycles. The average molecular weight is 387 g/mol. The molecular formula is C24H25N3O2. The predicted molar refractivity (Wildman–Crippen MR) is 116 cm³/mol. The fraction of sp³-hybridized carbons (Fsp3) is 0.250. The molecule has 0 aliphatic carbocycles. The van der Waals surface area contributed by atoms with Gasteiger partial charge in [0.15, 0.2) is 0 Å². The lowest BCUT2D eigenvalue weighted by Crippen LogP contribution is -2.30. The van der Waals surface area contributed by atoms with E-state index in [4.69, 9.17) is 4.74 Å². The van der Waals surface area contributed by atoms with E-state index in [1.54, 1.807) is 6.20 Å². The Labute approximate surface area is 171 Å². The summed E-state index contributed by atoms with van der Waals surface area (Å²) < 4.78 is 5.64. The predicted octanol–water partition coefficient (Wildman–Crippen LogP) is 4.68. The molecule has 4 rings (SSSR count). The molecule has 1 aliphatic rings. The van der Waals surface area contributed by atoms with E-state index < -0.39 is 0 Å². The molecule has 148 valence electrons. The quantitative estimate of drug-likeness (QED) is 0.690. The first-order chi connectivity index (χ1) is 14.1. The van der Waals surface area contributed by atoms with Crippen molar-refractivity contribution in [3.8, 4) is 5.75 Å². The maximum absolute atomic E-state index is 12.7. The number of anilines is 2. The molecule has 0 bridgehead atoms. The number of fused-ring (bicyclic) bond motifs is 1. The lowest BCUT2D eigenvalue weighted by Gasteiger charge is -2.30. The zero-order valence-corrected chi connectivity index (χ0v) is 16.8. The van der Waals surface area contributed by atoms with Crippen LogP contribution in [0.1, 0.15) is 35.3 Å². The molecule has 0 saturated carbocycles. The van der Waals surface area contributed by atoms with Crippen molar-refractivity contribution in [3.63, 3.8) is 0 Å². The van der Waals surface area contributed by atoms with Gasteiger partial charge in [0, 0.05) is 25.0 Å². The fourth-order valence-electron chi connectivity index (χ4n) is 3.53. The molecule has 1 N–H and O–H groups in total. The van der Waals surface area contributed by atoms with Gasteiger partial charge in [0.2, 0.25) is 0 Å². The van der Waals surface area contributed by atoms with Gasteiger partial charge in [-0.25, -0.2) is 0 Å². The van der Waals surface area contributed by atoms with Gasteiger partial charge in [-0.3, -0.25) is 9.78 Å². The molecule has 1 amide bonds. The van der Waals surface area contributed by atoms with Crippen LogP contribution in [0.2, 0.25) is 0 Å². The first-order valence-electron chi connectivity index (χ1n) is 9.93. The van der Waals surface area contributed by atoms with Crippen LogP contribution in [0.15, 0.2) is 67.0 Å². The molecule has 5 nitrogen and oxygen atoms in total. The summed E-state index contributed by atoms with van der Waals surface area (Å²) in [5.41, 5.74) is 4.97. The lowest BCUT2D eigenvalue weighted by molar-refractivity contribution is 0.102. The standard InChI is InChI=1S/C24H25N3O2/c1-17(2)29-23-9-7-21(8-10-23)26-24(28)20-13-22(15-25-14-20)27-12-11-18-5-3-4-6-19(18)16-27/h3-10,13-15,17H,11-12,16H2,1-2H3,(H,26,28). The van der Waals surface area contributed by atoms with E-state index in [0.717, 1.165) is 36.6 Å². The summed E-state index contributed by atoms with van der Waals surface area (Å²) in [6.07, 6.45) is 4.54. The minimum absolute atomic E-state index is 0.117. The van der Waals surface area contributed by atoms with Crippen molar-refractivity contribution in [2.45, 2.75) is 32.9 Å². The number of ether oxygens (including phenoxy) is 1. The van der Waals surface area contributed by atoms with Crippen LogP contribution in [0.25, 0.3) is 0 Å². The number of carbonyl (C=O) groups excluding carboxylic acids is 1. The maximum Gasteiger partial charge on any atom is 0.257 e. The SMILES string of the molecule is CC(C)Oc1ccc(NC(=O)c2cncc(N3CCc4ccccc4C3)c2)cc1. The summed E-state index contributed by atoms with van der Waals surface area (Å²) in [4.78, 5) is 19.3. The number of benzene rings is 2. The third kappa shape index (κ3) is 4.57. The highest BCUT2D eigenvalue weighted by Crippen LogP contribution is 2.25. The minimum Gasteiger partial charge on any atom is -0.491 e. The summed E-state index contributed by atoms with van der Waals surface area (Å²) in [5.74, 6) is 0.612. The van der Waals surface area contributed by atoms with E-state index in [1.165, 1.54) is 11.1 Å². The van der Waals surface area contributed by atoms with Gasteiger partial charge in [-0.15, -0.1) is 0 Å². The largest absolute Gasteiger partial charge is 0.491 e. The van der Waals surface area contributed by atoms with Gasteiger partial charge in [-0.05, 0) is 61.7 Å². The van der Waals surface area contributed by atoms with Gasteiger partial charge in [-0.1, -0.05) is 24.3 Å². The number of pyridine rings is 1. The zero-order valence-electron chi connectivity index (χ0n) is 16.8. The lowest BCUT2D eigenvalue weighted by atomic mass is 9.99. The second-order valence-electron chi connectivity index (χ2n) is 7.52. The van der Waals surface area contributed by atoms with E-state index in [9.17, 15) is 4.79 Å². The van der Waals surface area contributed by atoms with Crippen molar-refractivity contribution in [1.82, 2.24) is 4.98 Å². The topological polar surface area (TPSA) is 54.5 Å². The van der Waals surface area contributed by atoms with Crippen LogP contribution in [-0.2, 0) is 13.0 Å². The Bertz CT molecular complexity index is 999.